The molecule has 0 aromatic heterocycles. The largest absolute Gasteiger partial charge is 0.480 e. The Kier molecular flexibility index (Phi) is 5.34. The van der Waals surface area contributed by atoms with Crippen LogP contribution in [0.4, 0.5) is 0 Å². The molecular weight excluding hydrogens is 184 g/mol. The molecule has 1 atom stereocenters. The molecule has 0 fully saturated rings. The molecule has 0 rings (SSSR count). The van der Waals surface area contributed by atoms with Gasteiger partial charge in [0.1, 0.15) is 0 Å². The average Bonchev–Trinajstić information content (AvgIpc) is 2.16. The van der Waals surface area contributed by atoms with Crippen LogP contribution in [-0.2, 0) is 9.59 Å². The first-order valence-corrected chi connectivity index (χ1v) is 4.74. The van der Waals surface area contributed by atoms with Crippen LogP contribution in [-0.4, -0.2) is 28.9 Å². The van der Waals surface area contributed by atoms with E-state index in [1.165, 1.54) is 0 Å². The van der Waals surface area contributed by atoms with E-state index < -0.39 is 17.3 Å². The Morgan fingerprint density at radius 1 is 1.36 bits per heavy atom. The van der Waals surface area contributed by atoms with E-state index in [0.29, 0.717) is 19.4 Å². The van der Waals surface area contributed by atoms with Crippen LogP contribution in [0.15, 0.2) is 0 Å². The normalized spacial score (nSPS) is 14.8. The molecule has 5 heteroatoms. The first-order valence-electron chi connectivity index (χ1n) is 4.74. The Bertz CT molecular complexity index is 218. The molecule has 0 saturated heterocycles. The maximum absolute atomic E-state index is 11.3. The van der Waals surface area contributed by atoms with Gasteiger partial charge in [0.2, 0.25) is 0 Å². The fourth-order valence-corrected chi connectivity index (χ4v) is 1.23. The van der Waals surface area contributed by atoms with Gasteiger partial charge >= 0.3 is 5.97 Å². The summed E-state index contributed by atoms with van der Waals surface area (Å²) >= 11 is 0. The van der Waals surface area contributed by atoms with Crippen molar-refractivity contribution in [2.75, 3.05) is 6.54 Å². The van der Waals surface area contributed by atoms with Crippen molar-refractivity contribution in [3.63, 3.8) is 0 Å². The molecule has 0 aromatic rings. The molecule has 0 bridgehead atoms. The number of carboxylic acids is 1. The van der Waals surface area contributed by atoms with Crippen LogP contribution < -0.4 is 11.5 Å². The van der Waals surface area contributed by atoms with Gasteiger partial charge in [-0.3, -0.25) is 4.79 Å². The van der Waals surface area contributed by atoms with Crippen molar-refractivity contribution in [2.45, 2.75) is 38.1 Å². The van der Waals surface area contributed by atoms with Gasteiger partial charge in [-0.15, -0.1) is 0 Å². The molecule has 0 heterocycles. The highest BCUT2D eigenvalue weighted by atomic mass is 16.4. The van der Waals surface area contributed by atoms with E-state index >= 15 is 0 Å². The van der Waals surface area contributed by atoms with E-state index in [1.807, 2.05) is 0 Å². The maximum atomic E-state index is 11.3. The Labute approximate surface area is 83.5 Å². The summed E-state index contributed by atoms with van der Waals surface area (Å²) in [5.41, 5.74) is 9.10. The molecule has 0 aliphatic carbocycles. The van der Waals surface area contributed by atoms with Gasteiger partial charge in [0.15, 0.2) is 11.3 Å². The second-order valence-corrected chi connectivity index (χ2v) is 3.30. The van der Waals surface area contributed by atoms with Crippen molar-refractivity contribution in [3.8, 4) is 0 Å². The third-order valence-electron chi connectivity index (χ3n) is 2.23. The van der Waals surface area contributed by atoms with Crippen molar-refractivity contribution in [2.24, 2.45) is 11.5 Å². The molecule has 0 spiro atoms. The Hall–Kier alpha value is -0.940. The predicted molar refractivity (Wildman–Crippen MR) is 52.8 cm³/mol. The molecule has 14 heavy (non-hydrogen) atoms. The van der Waals surface area contributed by atoms with Gasteiger partial charge in [0.25, 0.3) is 0 Å². The number of carbonyl (C=O) groups excluding carboxylic acids is 1. The number of aliphatic carboxylic acids is 1. The molecule has 0 saturated carbocycles. The minimum absolute atomic E-state index is 0.144. The summed E-state index contributed by atoms with van der Waals surface area (Å²) in [6.45, 7) is 2.09. The van der Waals surface area contributed by atoms with Crippen LogP contribution >= 0.6 is 0 Å². The molecule has 0 aliphatic rings. The van der Waals surface area contributed by atoms with Crippen LogP contribution in [0.2, 0.25) is 0 Å². The van der Waals surface area contributed by atoms with Crippen molar-refractivity contribution >= 4 is 11.8 Å². The van der Waals surface area contributed by atoms with Gasteiger partial charge in [-0.05, 0) is 25.8 Å². The zero-order valence-corrected chi connectivity index (χ0v) is 8.45. The Morgan fingerprint density at radius 2 is 1.93 bits per heavy atom. The van der Waals surface area contributed by atoms with Crippen LogP contribution in [0.1, 0.15) is 32.6 Å². The van der Waals surface area contributed by atoms with E-state index in [0.717, 1.165) is 0 Å². The number of unbranched alkanes of at least 4 members (excludes halogenated alkanes) is 1. The van der Waals surface area contributed by atoms with Gasteiger partial charge < -0.3 is 16.6 Å². The first kappa shape index (κ1) is 13.1. The van der Waals surface area contributed by atoms with Crippen molar-refractivity contribution in [1.82, 2.24) is 0 Å². The monoisotopic (exact) mass is 202 g/mol. The predicted octanol–water partition coefficient (Wildman–Crippen LogP) is -0.123. The number of carbonyl (C=O) groups is 2. The van der Waals surface area contributed by atoms with Crippen molar-refractivity contribution in [3.05, 3.63) is 0 Å². The molecule has 0 amide bonds. The number of hydrogen-bond donors (Lipinski definition) is 3. The highest BCUT2D eigenvalue weighted by Gasteiger charge is 2.39. The zero-order valence-electron chi connectivity index (χ0n) is 8.45. The molecule has 0 radical (unpaired) electrons. The Morgan fingerprint density at radius 3 is 2.29 bits per heavy atom. The quantitative estimate of drug-likeness (QED) is 0.394. The van der Waals surface area contributed by atoms with Crippen LogP contribution in [0.25, 0.3) is 0 Å². The summed E-state index contributed by atoms with van der Waals surface area (Å²) in [6.07, 6.45) is 1.55. The summed E-state index contributed by atoms with van der Waals surface area (Å²) in [4.78, 5) is 22.2. The van der Waals surface area contributed by atoms with E-state index in [4.69, 9.17) is 16.6 Å². The van der Waals surface area contributed by atoms with Gasteiger partial charge in [0, 0.05) is 6.42 Å². The van der Waals surface area contributed by atoms with E-state index in [2.05, 4.69) is 0 Å². The lowest BCUT2D eigenvalue weighted by Gasteiger charge is -2.22. The van der Waals surface area contributed by atoms with Crippen LogP contribution in [0.3, 0.4) is 0 Å². The summed E-state index contributed by atoms with van der Waals surface area (Å²) in [6, 6.07) is 0. The minimum atomic E-state index is -1.72. The van der Waals surface area contributed by atoms with Crippen molar-refractivity contribution in [1.29, 1.82) is 0 Å². The average molecular weight is 202 g/mol. The number of Topliss-reactive ketones (excluding diaryl/α,β-unsaturated/α-hetero) is 1. The van der Waals surface area contributed by atoms with E-state index in [9.17, 15) is 9.59 Å². The highest BCUT2D eigenvalue weighted by Crippen LogP contribution is 2.14. The number of nitrogens with two attached hydrogens (primary N) is 2. The van der Waals surface area contributed by atoms with Crippen molar-refractivity contribution < 1.29 is 14.7 Å². The topological polar surface area (TPSA) is 106 Å². The lowest BCUT2D eigenvalue weighted by molar-refractivity contribution is -0.148. The molecule has 0 aliphatic heterocycles. The second-order valence-electron chi connectivity index (χ2n) is 3.30. The SMILES string of the molecule is CCC(=O)[C@](N)(CCCCN)C(=O)O. The third-order valence-corrected chi connectivity index (χ3v) is 2.23. The number of carboxylic acid groups (broad SMARTS) is 1. The molecule has 5 nitrogen and oxygen atoms in total. The number of rotatable bonds is 7. The number of hydrogen-bond acceptors (Lipinski definition) is 4. The Balaban J connectivity index is 4.40. The lowest BCUT2D eigenvalue weighted by Crippen LogP contribution is -2.54. The third kappa shape index (κ3) is 3.08. The molecule has 0 unspecified atom stereocenters. The van der Waals surface area contributed by atoms with Gasteiger partial charge in [-0.2, -0.15) is 0 Å². The molecule has 82 valence electrons. The summed E-state index contributed by atoms with van der Waals surface area (Å²) in [5.74, 6) is -1.68. The van der Waals surface area contributed by atoms with Gasteiger partial charge in [-0.1, -0.05) is 6.92 Å². The first-order chi connectivity index (χ1) is 6.49. The fraction of sp³-hybridized carbons (Fsp3) is 0.778. The second kappa shape index (κ2) is 5.72. The lowest BCUT2D eigenvalue weighted by atomic mass is 9.88. The molecular formula is C9H18N2O3. The zero-order chi connectivity index (χ0) is 11.2. The minimum Gasteiger partial charge on any atom is -0.480 e. The summed E-state index contributed by atoms with van der Waals surface area (Å²) < 4.78 is 0. The fourth-order valence-electron chi connectivity index (χ4n) is 1.23. The smallest absolute Gasteiger partial charge is 0.331 e. The highest BCUT2D eigenvalue weighted by molar-refractivity contribution is 6.07. The molecule has 0 aromatic carbocycles. The summed E-state index contributed by atoms with van der Waals surface area (Å²) in [7, 11) is 0. The van der Waals surface area contributed by atoms with Gasteiger partial charge in [0.05, 0.1) is 0 Å². The maximum Gasteiger partial charge on any atom is 0.331 e. The van der Waals surface area contributed by atoms with Gasteiger partial charge in [-0.25, -0.2) is 4.79 Å². The standard InChI is InChI=1S/C9H18N2O3/c1-2-7(12)9(11,8(13)14)5-3-4-6-10/h2-6,10-11H2,1H3,(H,13,14)/t9-/m1/s1. The number of ketones is 1. The van der Waals surface area contributed by atoms with Crippen LogP contribution in [0, 0.1) is 0 Å². The summed E-state index contributed by atoms with van der Waals surface area (Å²) in [5, 5.41) is 8.86. The van der Waals surface area contributed by atoms with E-state index in [-0.39, 0.29) is 12.8 Å². The van der Waals surface area contributed by atoms with E-state index in [1.54, 1.807) is 6.92 Å². The van der Waals surface area contributed by atoms with Crippen LogP contribution in [0.5, 0.6) is 0 Å². The molecule has 5 N–H and O–H groups in total.